The summed E-state index contributed by atoms with van der Waals surface area (Å²) in [6, 6.07) is 55.8. The van der Waals surface area contributed by atoms with Crippen LogP contribution in [0.1, 0.15) is 50.6 Å². The first-order valence-corrected chi connectivity index (χ1v) is 20.7. The van der Waals surface area contributed by atoms with Gasteiger partial charge in [0.15, 0.2) is 0 Å². The molecule has 0 spiro atoms. The zero-order valence-electron chi connectivity index (χ0n) is 34.2. The quantitative estimate of drug-likeness (QED) is 0.158. The Kier molecular flexibility index (Phi) is 9.79. The van der Waals surface area contributed by atoms with Crippen LogP contribution in [-0.4, -0.2) is 19.5 Å². The molecule has 0 radical (unpaired) electrons. The second-order valence-electron chi connectivity index (χ2n) is 15.4. The molecule has 0 fully saturated rings. The van der Waals surface area contributed by atoms with E-state index in [1.165, 1.54) is 0 Å². The minimum Gasteiger partial charge on any atom is -0.355 e. The molecule has 62 heavy (non-hydrogen) atoms. The highest BCUT2D eigenvalue weighted by atomic mass is 15.0. The Hall–Kier alpha value is -8.34. The molecule has 1 N–H and O–H groups in total. The van der Waals surface area contributed by atoms with Gasteiger partial charge in [0.05, 0.1) is 33.8 Å². The van der Waals surface area contributed by atoms with E-state index in [-0.39, 0.29) is 0 Å². The van der Waals surface area contributed by atoms with E-state index in [1.54, 1.807) is 0 Å². The summed E-state index contributed by atoms with van der Waals surface area (Å²) in [6.45, 7) is 16.3. The first-order chi connectivity index (χ1) is 30.5. The fraction of sp³-hybridized carbons (Fsp3) is 0. The molecular formula is C58H42N4. The van der Waals surface area contributed by atoms with E-state index in [1.807, 2.05) is 24.3 Å². The molecular weight excluding hydrogens is 753 g/mol. The largest absolute Gasteiger partial charge is 0.355 e. The zero-order chi connectivity index (χ0) is 42.2. The van der Waals surface area contributed by atoms with Gasteiger partial charge < -0.3 is 9.55 Å². The number of rotatable bonds is 9. The number of benzene rings is 5. The van der Waals surface area contributed by atoms with E-state index in [2.05, 4.69) is 212 Å². The van der Waals surface area contributed by atoms with Gasteiger partial charge in [0.1, 0.15) is 0 Å². The molecule has 3 aromatic heterocycles. The maximum absolute atomic E-state index is 5.64. The lowest BCUT2D eigenvalue weighted by molar-refractivity contribution is 1.17. The summed E-state index contributed by atoms with van der Waals surface area (Å²) in [5.41, 5.74) is 20.7. The van der Waals surface area contributed by atoms with E-state index in [4.69, 9.17) is 9.97 Å². The maximum Gasteiger partial charge on any atom is 0.0815 e. The van der Waals surface area contributed by atoms with Gasteiger partial charge in [-0.1, -0.05) is 166 Å². The van der Waals surface area contributed by atoms with Gasteiger partial charge in [-0.25, -0.2) is 9.97 Å². The summed E-state index contributed by atoms with van der Waals surface area (Å²) in [7, 11) is 0. The van der Waals surface area contributed by atoms with Crippen LogP contribution in [0.4, 0.5) is 0 Å². The molecule has 8 bridgehead atoms. The van der Waals surface area contributed by atoms with Crippen molar-refractivity contribution in [3.05, 3.63) is 235 Å². The maximum atomic E-state index is 5.64. The average Bonchev–Trinajstić information content (AvgIpc) is 4.14. The summed E-state index contributed by atoms with van der Waals surface area (Å²) >= 11 is 0. The predicted molar refractivity (Wildman–Crippen MR) is 265 cm³/mol. The second kappa shape index (κ2) is 16.0. The lowest BCUT2D eigenvalue weighted by Crippen LogP contribution is -1.99. The molecule has 5 heterocycles. The number of nitrogens with one attached hydrogen (secondary N) is 1. The highest BCUT2D eigenvalue weighted by molar-refractivity contribution is 6.12. The molecule has 8 aromatic rings. The number of fused-ring (bicyclic) bond motifs is 8. The third kappa shape index (κ3) is 7.00. The van der Waals surface area contributed by atoms with E-state index >= 15 is 0 Å². The lowest BCUT2D eigenvalue weighted by Gasteiger charge is -2.16. The lowest BCUT2D eigenvalue weighted by atomic mass is 9.90. The van der Waals surface area contributed by atoms with Gasteiger partial charge in [0.2, 0.25) is 0 Å². The molecule has 0 unspecified atom stereocenters. The third-order valence-electron chi connectivity index (χ3n) is 11.6. The van der Waals surface area contributed by atoms with Crippen LogP contribution < -0.4 is 0 Å². The van der Waals surface area contributed by atoms with Crippen molar-refractivity contribution in [3.8, 4) is 39.1 Å². The molecule has 0 saturated carbocycles. The van der Waals surface area contributed by atoms with Crippen molar-refractivity contribution < 1.29 is 0 Å². The summed E-state index contributed by atoms with van der Waals surface area (Å²) in [5.74, 6) is 0. The Labute approximate surface area is 361 Å². The first-order valence-electron chi connectivity index (χ1n) is 20.7. The molecule has 10 rings (SSSR count). The summed E-state index contributed by atoms with van der Waals surface area (Å²) in [5, 5.41) is 0. The normalized spacial score (nSPS) is 11.8. The third-order valence-corrected chi connectivity index (χ3v) is 11.6. The molecule has 0 atom stereocenters. The molecule has 2 aliphatic heterocycles. The van der Waals surface area contributed by atoms with Crippen LogP contribution >= 0.6 is 0 Å². The number of hydrogen-bond acceptors (Lipinski definition) is 2. The highest BCUT2D eigenvalue weighted by Crippen LogP contribution is 2.48. The number of H-pyrrole nitrogens is 1. The molecule has 0 amide bonds. The van der Waals surface area contributed by atoms with Crippen molar-refractivity contribution in [2.24, 2.45) is 0 Å². The number of aromatic nitrogens is 4. The van der Waals surface area contributed by atoms with E-state index in [0.29, 0.717) is 0 Å². The van der Waals surface area contributed by atoms with Crippen LogP contribution in [0.15, 0.2) is 184 Å². The fourth-order valence-electron chi connectivity index (χ4n) is 8.46. The minimum atomic E-state index is 0.831. The van der Waals surface area contributed by atoms with Crippen molar-refractivity contribution in [3.63, 3.8) is 0 Å². The summed E-state index contributed by atoms with van der Waals surface area (Å²) in [4.78, 5) is 14.4. The molecule has 294 valence electrons. The standard InChI is InChI=1S/C58H42N4/c1-5-38-14-22-42(23-15-38)52-36-50-35-48-29-28-46(59-48)34-47-30-31-49(60-47)37-53-54(43-12-10-9-11-13-43)55(44-24-16-39(6-2)17-25-44)58(62(53)51-32-20-41(8-4)21-33-51)56(57(52)61-50)45-26-18-40(7-3)19-27-45/h5-37,59H,1-4H2. The Balaban J connectivity index is 1.52. The Morgan fingerprint density at radius 2 is 0.919 bits per heavy atom. The molecule has 0 saturated heterocycles. The van der Waals surface area contributed by atoms with E-state index < -0.39 is 0 Å². The van der Waals surface area contributed by atoms with Crippen LogP contribution in [0, 0.1) is 0 Å². The van der Waals surface area contributed by atoms with Gasteiger partial charge >= 0.3 is 0 Å². The SMILES string of the molecule is C=Cc1ccc(C2=Cc3cc4ccc(cc5nc(cc6c(-c7ccccc7)c(-c7ccc(C=C)cc7)c(c(-c7ccc(C=C)cc7)c2n3)n6-c2ccc(C=C)cc2)C=C5)[nH]4)cc1. The first kappa shape index (κ1) is 37.9. The topological polar surface area (TPSA) is 46.5 Å². The smallest absolute Gasteiger partial charge is 0.0815 e. The van der Waals surface area contributed by atoms with Gasteiger partial charge in [0, 0.05) is 39.0 Å². The van der Waals surface area contributed by atoms with Crippen molar-refractivity contribution in [2.45, 2.75) is 0 Å². The van der Waals surface area contributed by atoms with Crippen molar-refractivity contribution in [2.75, 3.05) is 0 Å². The molecule has 5 aromatic carbocycles. The number of aromatic amines is 1. The Bertz CT molecular complexity index is 3300. The van der Waals surface area contributed by atoms with Crippen LogP contribution in [-0.2, 0) is 0 Å². The van der Waals surface area contributed by atoms with Gasteiger partial charge in [-0.2, -0.15) is 0 Å². The van der Waals surface area contributed by atoms with Gasteiger partial charge in [-0.05, 0) is 105 Å². The fourth-order valence-corrected chi connectivity index (χ4v) is 8.46. The van der Waals surface area contributed by atoms with Gasteiger partial charge in [0.25, 0.3) is 0 Å². The summed E-state index contributed by atoms with van der Waals surface area (Å²) < 4.78 is 2.41. The average molecular weight is 795 g/mol. The van der Waals surface area contributed by atoms with Crippen LogP contribution in [0.25, 0.3) is 109 Å². The second-order valence-corrected chi connectivity index (χ2v) is 15.4. The summed E-state index contributed by atoms with van der Waals surface area (Å²) in [6.07, 6.45) is 13.9. The van der Waals surface area contributed by atoms with Crippen LogP contribution in [0.3, 0.4) is 0 Å². The highest BCUT2D eigenvalue weighted by Gasteiger charge is 2.28. The zero-order valence-corrected chi connectivity index (χ0v) is 34.2. The minimum absolute atomic E-state index is 0.831. The van der Waals surface area contributed by atoms with Crippen LogP contribution in [0.2, 0.25) is 0 Å². The molecule has 0 aliphatic carbocycles. The van der Waals surface area contributed by atoms with E-state index in [9.17, 15) is 0 Å². The van der Waals surface area contributed by atoms with E-state index in [0.717, 1.165) is 117 Å². The Morgan fingerprint density at radius 3 is 1.48 bits per heavy atom. The predicted octanol–water partition coefficient (Wildman–Crippen LogP) is 15.1. The van der Waals surface area contributed by atoms with Crippen molar-refractivity contribution in [1.82, 2.24) is 19.5 Å². The van der Waals surface area contributed by atoms with Crippen LogP contribution in [0.5, 0.6) is 0 Å². The molecule has 4 nitrogen and oxygen atoms in total. The van der Waals surface area contributed by atoms with Crippen molar-refractivity contribution >= 4 is 70.2 Å². The molecule has 2 aliphatic rings. The Morgan fingerprint density at radius 1 is 0.435 bits per heavy atom. The monoisotopic (exact) mass is 794 g/mol. The molecule has 4 heteroatoms. The van der Waals surface area contributed by atoms with Crippen molar-refractivity contribution in [1.29, 1.82) is 0 Å². The number of nitrogens with zero attached hydrogens (tertiary/aromatic N) is 3. The number of hydrogen-bond donors (Lipinski definition) is 1. The van der Waals surface area contributed by atoms with Gasteiger partial charge in [-0.3, -0.25) is 0 Å². The van der Waals surface area contributed by atoms with Gasteiger partial charge in [-0.15, -0.1) is 0 Å².